The molecule has 0 fully saturated rings. The zero-order valence-electron chi connectivity index (χ0n) is 12.5. The first kappa shape index (κ1) is 13.2. The molecule has 0 aliphatic rings. The first-order valence-electron chi connectivity index (χ1n) is 7.62. The largest absolute Gasteiger partial charge is 0.455 e. The van der Waals surface area contributed by atoms with Crippen molar-refractivity contribution in [3.05, 3.63) is 72.8 Å². The summed E-state index contributed by atoms with van der Waals surface area (Å²) in [6, 6.07) is 18.5. The van der Waals surface area contributed by atoms with Gasteiger partial charge in [-0.25, -0.2) is 14.4 Å². The number of hydrogen-bond acceptors (Lipinski definition) is 3. The predicted octanol–water partition coefficient (Wildman–Crippen LogP) is 5.34. The summed E-state index contributed by atoms with van der Waals surface area (Å²) in [5.41, 5.74) is 3.81. The standard InChI is InChI=1S/C20H11FN2O/c21-12-8-9-15-17(10-12)22-11-23-19(15)16-6-3-5-14-13-4-1-2-7-18(13)24-20(14)16/h1-11H. The third kappa shape index (κ3) is 1.83. The third-order valence-corrected chi connectivity index (χ3v) is 4.26. The van der Waals surface area contributed by atoms with Crippen LogP contribution in [0.25, 0.3) is 44.1 Å². The van der Waals surface area contributed by atoms with Crippen LogP contribution in [0.15, 0.2) is 71.4 Å². The van der Waals surface area contributed by atoms with E-state index in [1.165, 1.54) is 18.5 Å². The van der Waals surface area contributed by atoms with Gasteiger partial charge in [0.15, 0.2) is 0 Å². The maximum atomic E-state index is 13.5. The van der Waals surface area contributed by atoms with Gasteiger partial charge in [-0.2, -0.15) is 0 Å². The summed E-state index contributed by atoms with van der Waals surface area (Å²) in [7, 11) is 0. The van der Waals surface area contributed by atoms with Gasteiger partial charge in [-0.3, -0.25) is 0 Å². The van der Waals surface area contributed by atoms with Gasteiger partial charge in [0.05, 0.1) is 11.2 Å². The second-order valence-corrected chi connectivity index (χ2v) is 5.66. The van der Waals surface area contributed by atoms with Gasteiger partial charge in [0.25, 0.3) is 0 Å². The molecule has 0 bridgehead atoms. The van der Waals surface area contributed by atoms with Crippen molar-refractivity contribution in [2.24, 2.45) is 0 Å². The number of hydrogen-bond donors (Lipinski definition) is 0. The quantitative estimate of drug-likeness (QED) is 0.419. The van der Waals surface area contributed by atoms with Crippen LogP contribution < -0.4 is 0 Å². The van der Waals surface area contributed by atoms with Crippen LogP contribution in [0.4, 0.5) is 4.39 Å². The number of halogens is 1. The monoisotopic (exact) mass is 314 g/mol. The average molecular weight is 314 g/mol. The van der Waals surface area contributed by atoms with Crippen molar-refractivity contribution >= 4 is 32.8 Å². The summed E-state index contributed by atoms with van der Waals surface area (Å²) < 4.78 is 19.6. The molecule has 0 unspecified atom stereocenters. The molecule has 4 heteroatoms. The van der Waals surface area contributed by atoms with Crippen molar-refractivity contribution < 1.29 is 8.81 Å². The Bertz CT molecular complexity index is 1230. The second-order valence-electron chi connectivity index (χ2n) is 5.66. The van der Waals surface area contributed by atoms with E-state index in [9.17, 15) is 4.39 Å². The first-order chi connectivity index (χ1) is 11.8. The van der Waals surface area contributed by atoms with Crippen LogP contribution in [-0.2, 0) is 0 Å². The van der Waals surface area contributed by atoms with E-state index in [1.807, 2.05) is 42.5 Å². The average Bonchev–Trinajstić information content (AvgIpc) is 3.00. The maximum absolute atomic E-state index is 13.5. The Morgan fingerprint density at radius 1 is 0.792 bits per heavy atom. The molecule has 5 aromatic rings. The lowest BCUT2D eigenvalue weighted by Crippen LogP contribution is -1.90. The van der Waals surface area contributed by atoms with Crippen LogP contribution in [0, 0.1) is 5.82 Å². The molecule has 0 atom stereocenters. The smallest absolute Gasteiger partial charge is 0.144 e. The summed E-state index contributed by atoms with van der Waals surface area (Å²) in [5, 5.41) is 2.91. The Balaban J connectivity index is 1.90. The van der Waals surface area contributed by atoms with E-state index in [0.717, 1.165) is 38.6 Å². The van der Waals surface area contributed by atoms with Crippen LogP contribution >= 0.6 is 0 Å². The van der Waals surface area contributed by atoms with Crippen molar-refractivity contribution in [3.63, 3.8) is 0 Å². The summed E-state index contributed by atoms with van der Waals surface area (Å²) in [6.45, 7) is 0. The van der Waals surface area contributed by atoms with Crippen molar-refractivity contribution in [1.82, 2.24) is 9.97 Å². The second kappa shape index (κ2) is 4.86. The van der Waals surface area contributed by atoms with E-state index in [0.29, 0.717) is 5.52 Å². The summed E-state index contributed by atoms with van der Waals surface area (Å²) in [4.78, 5) is 8.60. The Morgan fingerprint density at radius 2 is 1.67 bits per heavy atom. The van der Waals surface area contributed by atoms with Gasteiger partial charge in [-0.15, -0.1) is 0 Å². The molecule has 3 aromatic carbocycles. The van der Waals surface area contributed by atoms with Gasteiger partial charge >= 0.3 is 0 Å². The number of fused-ring (bicyclic) bond motifs is 4. The first-order valence-corrected chi connectivity index (χ1v) is 7.62. The molecule has 3 nitrogen and oxygen atoms in total. The van der Waals surface area contributed by atoms with E-state index < -0.39 is 0 Å². The normalized spacial score (nSPS) is 11.5. The van der Waals surface area contributed by atoms with Crippen LogP contribution in [0.5, 0.6) is 0 Å². The van der Waals surface area contributed by atoms with Gasteiger partial charge in [-0.1, -0.05) is 30.3 Å². The Kier molecular flexibility index (Phi) is 2.67. The molecular weight excluding hydrogens is 303 g/mol. The Labute approximate surface area is 136 Å². The lowest BCUT2D eigenvalue weighted by molar-refractivity contribution is 0.629. The zero-order valence-corrected chi connectivity index (χ0v) is 12.5. The minimum absolute atomic E-state index is 0.311. The molecule has 0 radical (unpaired) electrons. The Hall–Kier alpha value is -3.27. The highest BCUT2D eigenvalue weighted by molar-refractivity contribution is 6.11. The minimum atomic E-state index is -0.311. The molecule has 2 aromatic heterocycles. The number of aromatic nitrogens is 2. The van der Waals surface area contributed by atoms with Gasteiger partial charge in [0.2, 0.25) is 0 Å². The number of rotatable bonds is 1. The van der Waals surface area contributed by atoms with Crippen LogP contribution in [0.1, 0.15) is 0 Å². The highest BCUT2D eigenvalue weighted by Crippen LogP contribution is 2.36. The lowest BCUT2D eigenvalue weighted by Gasteiger charge is -2.06. The zero-order chi connectivity index (χ0) is 16.1. The van der Waals surface area contributed by atoms with Crippen LogP contribution in [0.2, 0.25) is 0 Å². The molecule has 114 valence electrons. The highest BCUT2D eigenvalue weighted by atomic mass is 19.1. The predicted molar refractivity (Wildman–Crippen MR) is 92.2 cm³/mol. The van der Waals surface area contributed by atoms with E-state index >= 15 is 0 Å². The van der Waals surface area contributed by atoms with Crippen LogP contribution in [0.3, 0.4) is 0 Å². The van der Waals surface area contributed by atoms with E-state index in [2.05, 4.69) is 9.97 Å². The molecular formula is C20H11FN2O. The molecule has 2 heterocycles. The fraction of sp³-hybridized carbons (Fsp3) is 0. The fourth-order valence-electron chi connectivity index (χ4n) is 3.18. The van der Waals surface area contributed by atoms with E-state index in [4.69, 9.17) is 4.42 Å². The molecule has 5 rings (SSSR count). The fourth-order valence-corrected chi connectivity index (χ4v) is 3.18. The SMILES string of the molecule is Fc1ccc2c(-c3cccc4c3oc3ccccc34)ncnc2c1. The van der Waals surface area contributed by atoms with Crippen molar-refractivity contribution in [3.8, 4) is 11.3 Å². The van der Waals surface area contributed by atoms with Gasteiger partial charge in [0.1, 0.15) is 23.3 Å². The summed E-state index contributed by atoms with van der Waals surface area (Å²) in [5.74, 6) is -0.311. The van der Waals surface area contributed by atoms with Gasteiger partial charge < -0.3 is 4.42 Å². The van der Waals surface area contributed by atoms with Crippen molar-refractivity contribution in [2.75, 3.05) is 0 Å². The molecule has 0 spiro atoms. The minimum Gasteiger partial charge on any atom is -0.455 e. The number of nitrogens with zero attached hydrogens (tertiary/aromatic N) is 2. The molecule has 0 aliphatic carbocycles. The third-order valence-electron chi connectivity index (χ3n) is 4.26. The van der Waals surface area contributed by atoms with E-state index in [1.54, 1.807) is 6.07 Å². The number of furan rings is 1. The van der Waals surface area contributed by atoms with Crippen molar-refractivity contribution in [2.45, 2.75) is 0 Å². The number of benzene rings is 3. The summed E-state index contributed by atoms with van der Waals surface area (Å²) in [6.07, 6.45) is 1.46. The topological polar surface area (TPSA) is 38.9 Å². The molecule has 0 N–H and O–H groups in total. The van der Waals surface area contributed by atoms with Gasteiger partial charge in [0, 0.05) is 27.8 Å². The molecule has 0 saturated carbocycles. The van der Waals surface area contributed by atoms with Crippen molar-refractivity contribution in [1.29, 1.82) is 0 Å². The van der Waals surface area contributed by atoms with Crippen LogP contribution in [-0.4, -0.2) is 9.97 Å². The summed E-state index contributed by atoms with van der Waals surface area (Å²) >= 11 is 0. The highest BCUT2D eigenvalue weighted by Gasteiger charge is 2.15. The Morgan fingerprint density at radius 3 is 2.62 bits per heavy atom. The maximum Gasteiger partial charge on any atom is 0.144 e. The molecule has 0 saturated heterocycles. The number of para-hydroxylation sites is 2. The van der Waals surface area contributed by atoms with E-state index in [-0.39, 0.29) is 5.82 Å². The molecule has 0 amide bonds. The molecule has 24 heavy (non-hydrogen) atoms. The lowest BCUT2D eigenvalue weighted by atomic mass is 10.0. The van der Waals surface area contributed by atoms with Gasteiger partial charge in [-0.05, 0) is 24.3 Å². The molecule has 0 aliphatic heterocycles.